The van der Waals surface area contributed by atoms with Crippen molar-refractivity contribution >= 4 is 17.4 Å². The summed E-state index contributed by atoms with van der Waals surface area (Å²) < 4.78 is 25.1. The van der Waals surface area contributed by atoms with E-state index < -0.39 is 23.5 Å². The summed E-state index contributed by atoms with van der Waals surface area (Å²) in [4.78, 5) is 30.3. The zero-order valence-corrected chi connectivity index (χ0v) is 22.5. The van der Waals surface area contributed by atoms with Crippen LogP contribution in [0.2, 0.25) is 0 Å². The molecule has 0 saturated carbocycles. The van der Waals surface area contributed by atoms with Gasteiger partial charge in [0, 0.05) is 31.7 Å². The number of aryl methyl sites for hydroxylation is 1. The van der Waals surface area contributed by atoms with Crippen LogP contribution >= 0.6 is 0 Å². The minimum atomic E-state index is -0.820. The standard InChI is InChI=1S/C32H33FN2O5/c1-22-20-25(10-13-27(22)40-21-23-6-3-2-4-7-23)30(36)28-29(24-8-11-26(33)12-9-24)35(32(38)31(28)37)15-5-14-34-16-18-39-19-17-34/h2-4,6-13,20,29,36H,5,14-19,21H2,1H3/b30-28+. The number of carbonyl (C=O) groups excluding carboxylic acids is 2. The van der Waals surface area contributed by atoms with E-state index in [0.717, 1.165) is 30.8 Å². The van der Waals surface area contributed by atoms with Gasteiger partial charge in [0.15, 0.2) is 0 Å². The summed E-state index contributed by atoms with van der Waals surface area (Å²) in [6.45, 7) is 6.34. The number of carbonyl (C=O) groups is 2. The molecule has 0 radical (unpaired) electrons. The number of ether oxygens (including phenoxy) is 2. The van der Waals surface area contributed by atoms with Gasteiger partial charge in [-0.2, -0.15) is 0 Å². The number of ketones is 1. The topological polar surface area (TPSA) is 79.3 Å². The monoisotopic (exact) mass is 544 g/mol. The minimum Gasteiger partial charge on any atom is -0.507 e. The molecule has 2 aliphatic rings. The van der Waals surface area contributed by atoms with Crippen LogP contribution in [-0.4, -0.2) is 66.0 Å². The number of hydrogen-bond acceptors (Lipinski definition) is 6. The molecule has 3 aromatic carbocycles. The van der Waals surface area contributed by atoms with Crippen LogP contribution in [0.25, 0.3) is 5.76 Å². The van der Waals surface area contributed by atoms with Crippen molar-refractivity contribution in [3.63, 3.8) is 0 Å². The molecule has 0 aromatic heterocycles. The normalized spacial score (nSPS) is 19.2. The molecule has 0 aliphatic carbocycles. The number of nitrogens with zero attached hydrogens (tertiary/aromatic N) is 2. The van der Waals surface area contributed by atoms with Crippen LogP contribution in [0.4, 0.5) is 4.39 Å². The van der Waals surface area contributed by atoms with E-state index >= 15 is 0 Å². The molecule has 2 fully saturated rings. The van der Waals surface area contributed by atoms with E-state index in [0.29, 0.717) is 49.7 Å². The highest BCUT2D eigenvalue weighted by Gasteiger charge is 2.45. The number of benzene rings is 3. The maximum Gasteiger partial charge on any atom is 0.295 e. The lowest BCUT2D eigenvalue weighted by Crippen LogP contribution is -2.38. The van der Waals surface area contributed by atoms with Crippen LogP contribution in [0.15, 0.2) is 78.4 Å². The van der Waals surface area contributed by atoms with Gasteiger partial charge in [0.2, 0.25) is 0 Å². The number of amides is 1. The summed E-state index contributed by atoms with van der Waals surface area (Å²) >= 11 is 0. The highest BCUT2D eigenvalue weighted by atomic mass is 19.1. The molecular weight excluding hydrogens is 511 g/mol. The molecule has 1 N–H and O–H groups in total. The number of aliphatic hydroxyl groups is 1. The maximum atomic E-state index is 13.8. The largest absolute Gasteiger partial charge is 0.507 e. The van der Waals surface area contributed by atoms with E-state index in [1.165, 1.54) is 17.0 Å². The second-order valence-corrected chi connectivity index (χ2v) is 10.1. The molecule has 40 heavy (non-hydrogen) atoms. The summed E-state index contributed by atoms with van der Waals surface area (Å²) in [5, 5.41) is 11.4. The predicted octanol–water partition coefficient (Wildman–Crippen LogP) is 4.86. The number of Topliss-reactive ketones (excluding diaryl/α,β-unsaturated/α-hetero) is 1. The maximum absolute atomic E-state index is 13.8. The Kier molecular flexibility index (Phi) is 8.57. The Morgan fingerprint density at radius 3 is 2.42 bits per heavy atom. The van der Waals surface area contributed by atoms with Crippen LogP contribution in [0.3, 0.4) is 0 Å². The smallest absolute Gasteiger partial charge is 0.295 e. The fraction of sp³-hybridized carbons (Fsp3) is 0.312. The highest BCUT2D eigenvalue weighted by Crippen LogP contribution is 2.40. The molecule has 7 nitrogen and oxygen atoms in total. The number of halogens is 1. The third-order valence-electron chi connectivity index (χ3n) is 7.39. The Hall–Kier alpha value is -4.01. The molecule has 3 aromatic rings. The van der Waals surface area contributed by atoms with Gasteiger partial charge < -0.3 is 19.5 Å². The Balaban J connectivity index is 1.41. The zero-order chi connectivity index (χ0) is 28.1. The van der Waals surface area contributed by atoms with Crippen LogP contribution in [0.1, 0.15) is 34.7 Å². The molecular formula is C32H33FN2O5. The number of rotatable bonds is 9. The van der Waals surface area contributed by atoms with Crippen molar-refractivity contribution in [1.82, 2.24) is 9.80 Å². The third-order valence-corrected chi connectivity index (χ3v) is 7.39. The van der Waals surface area contributed by atoms with Gasteiger partial charge in [-0.15, -0.1) is 0 Å². The zero-order valence-electron chi connectivity index (χ0n) is 22.5. The molecule has 1 amide bonds. The molecule has 2 saturated heterocycles. The molecule has 1 atom stereocenters. The lowest BCUT2D eigenvalue weighted by molar-refractivity contribution is -0.140. The van der Waals surface area contributed by atoms with E-state index in [4.69, 9.17) is 9.47 Å². The Labute approximate surface area is 233 Å². The number of aliphatic hydroxyl groups excluding tert-OH is 1. The SMILES string of the molecule is Cc1cc(/C(O)=C2\C(=O)C(=O)N(CCCN3CCOCC3)C2c2ccc(F)cc2)ccc1OCc1ccccc1. The highest BCUT2D eigenvalue weighted by molar-refractivity contribution is 6.46. The fourth-order valence-corrected chi connectivity index (χ4v) is 5.24. The molecule has 5 rings (SSSR count). The fourth-order valence-electron chi connectivity index (χ4n) is 5.24. The van der Waals surface area contributed by atoms with Crippen molar-refractivity contribution in [2.75, 3.05) is 39.4 Å². The van der Waals surface area contributed by atoms with Crippen molar-refractivity contribution in [1.29, 1.82) is 0 Å². The van der Waals surface area contributed by atoms with Gasteiger partial charge in [-0.25, -0.2) is 4.39 Å². The van der Waals surface area contributed by atoms with Gasteiger partial charge in [-0.1, -0.05) is 42.5 Å². The van der Waals surface area contributed by atoms with Crippen molar-refractivity contribution in [2.45, 2.75) is 26.0 Å². The first kappa shape index (κ1) is 27.6. The first-order valence-corrected chi connectivity index (χ1v) is 13.5. The summed E-state index contributed by atoms with van der Waals surface area (Å²) in [5.41, 5.74) is 2.77. The summed E-state index contributed by atoms with van der Waals surface area (Å²) in [7, 11) is 0. The lowest BCUT2D eigenvalue weighted by Gasteiger charge is -2.29. The van der Waals surface area contributed by atoms with E-state index in [-0.39, 0.29) is 11.3 Å². The Bertz CT molecular complexity index is 1380. The van der Waals surface area contributed by atoms with Crippen molar-refractivity contribution in [3.8, 4) is 5.75 Å². The van der Waals surface area contributed by atoms with Crippen LogP contribution in [-0.2, 0) is 20.9 Å². The van der Waals surface area contributed by atoms with Crippen molar-refractivity contribution in [2.24, 2.45) is 0 Å². The minimum absolute atomic E-state index is 0.000310. The summed E-state index contributed by atoms with van der Waals surface area (Å²) in [5.74, 6) is -1.45. The second-order valence-electron chi connectivity index (χ2n) is 10.1. The molecule has 0 spiro atoms. The van der Waals surface area contributed by atoms with Gasteiger partial charge in [0.05, 0.1) is 24.8 Å². The summed E-state index contributed by atoms with van der Waals surface area (Å²) in [6.07, 6.45) is 0.650. The van der Waals surface area contributed by atoms with Gasteiger partial charge in [0.1, 0.15) is 23.9 Å². The van der Waals surface area contributed by atoms with Crippen LogP contribution in [0, 0.1) is 12.7 Å². The number of hydrogen-bond donors (Lipinski definition) is 1. The Morgan fingerprint density at radius 1 is 1.00 bits per heavy atom. The molecule has 1 unspecified atom stereocenters. The molecule has 0 bridgehead atoms. The molecule has 8 heteroatoms. The van der Waals surface area contributed by atoms with Gasteiger partial charge in [-0.3, -0.25) is 14.5 Å². The van der Waals surface area contributed by atoms with E-state index in [9.17, 15) is 19.1 Å². The van der Waals surface area contributed by atoms with Gasteiger partial charge >= 0.3 is 0 Å². The second kappa shape index (κ2) is 12.4. The average Bonchev–Trinajstić information content (AvgIpc) is 3.22. The lowest BCUT2D eigenvalue weighted by atomic mass is 9.94. The van der Waals surface area contributed by atoms with Gasteiger partial charge in [-0.05, 0) is 60.4 Å². The van der Waals surface area contributed by atoms with E-state index in [1.54, 1.807) is 30.3 Å². The van der Waals surface area contributed by atoms with E-state index in [2.05, 4.69) is 4.90 Å². The molecule has 2 aliphatic heterocycles. The van der Waals surface area contributed by atoms with Crippen LogP contribution < -0.4 is 4.74 Å². The van der Waals surface area contributed by atoms with Gasteiger partial charge in [0.25, 0.3) is 11.7 Å². The van der Waals surface area contributed by atoms with E-state index in [1.807, 2.05) is 37.3 Å². The predicted molar refractivity (Wildman–Crippen MR) is 149 cm³/mol. The average molecular weight is 545 g/mol. The van der Waals surface area contributed by atoms with Crippen molar-refractivity contribution < 1.29 is 28.6 Å². The first-order chi connectivity index (χ1) is 19.4. The number of likely N-dealkylation sites (tertiary alicyclic amines) is 1. The van der Waals surface area contributed by atoms with Crippen molar-refractivity contribution in [3.05, 3.63) is 106 Å². The third kappa shape index (κ3) is 6.08. The Morgan fingerprint density at radius 2 is 1.73 bits per heavy atom. The first-order valence-electron chi connectivity index (χ1n) is 13.5. The quantitative estimate of drug-likeness (QED) is 0.236. The van der Waals surface area contributed by atoms with Crippen LogP contribution in [0.5, 0.6) is 5.75 Å². The molecule has 208 valence electrons. The number of morpholine rings is 1. The summed E-state index contributed by atoms with van der Waals surface area (Å²) in [6, 6.07) is 19.8. The molecule has 2 heterocycles.